The molecule has 1 heterocycles. The predicted molar refractivity (Wildman–Crippen MR) is 67.7 cm³/mol. The van der Waals surface area contributed by atoms with Crippen LogP contribution in [0.5, 0.6) is 0 Å². The molecule has 0 bridgehead atoms. The third-order valence-electron chi connectivity index (χ3n) is 2.45. The van der Waals surface area contributed by atoms with Gasteiger partial charge in [-0.2, -0.15) is 0 Å². The van der Waals surface area contributed by atoms with Crippen molar-refractivity contribution < 1.29 is 0 Å². The maximum absolute atomic E-state index is 5.95. The van der Waals surface area contributed by atoms with Crippen LogP contribution < -0.4 is 5.32 Å². The molecular formula is C13H15ClN2. The average molecular weight is 235 g/mol. The lowest BCUT2D eigenvalue weighted by Gasteiger charge is -2.03. The summed E-state index contributed by atoms with van der Waals surface area (Å²) in [4.78, 5) is 0. The molecule has 0 saturated heterocycles. The minimum Gasteiger partial charge on any atom is -0.350 e. The molecule has 0 fully saturated rings. The van der Waals surface area contributed by atoms with E-state index < -0.39 is 0 Å². The summed E-state index contributed by atoms with van der Waals surface area (Å²) in [5.41, 5.74) is 2.52. The van der Waals surface area contributed by atoms with Gasteiger partial charge in [-0.3, -0.25) is 0 Å². The molecular weight excluding hydrogens is 220 g/mol. The first kappa shape index (κ1) is 11.2. The highest BCUT2D eigenvalue weighted by molar-refractivity contribution is 6.30. The van der Waals surface area contributed by atoms with Crippen molar-refractivity contribution in [2.24, 2.45) is 0 Å². The summed E-state index contributed by atoms with van der Waals surface area (Å²) in [7, 11) is 1.95. The molecule has 0 radical (unpaired) electrons. The molecule has 3 heteroatoms. The maximum atomic E-state index is 5.95. The fraction of sp³-hybridized carbons (Fsp3) is 0.231. The van der Waals surface area contributed by atoms with Gasteiger partial charge in [-0.05, 0) is 36.4 Å². The zero-order valence-corrected chi connectivity index (χ0v) is 10.0. The van der Waals surface area contributed by atoms with E-state index in [1.54, 1.807) is 0 Å². The van der Waals surface area contributed by atoms with Crippen molar-refractivity contribution in [1.82, 2.24) is 9.88 Å². The van der Waals surface area contributed by atoms with Crippen molar-refractivity contribution in [3.63, 3.8) is 0 Å². The lowest BCUT2D eigenvalue weighted by Crippen LogP contribution is -2.04. The Hall–Kier alpha value is -1.25. The number of benzene rings is 1. The fourth-order valence-electron chi connectivity index (χ4n) is 1.74. The van der Waals surface area contributed by atoms with Gasteiger partial charge in [0.2, 0.25) is 0 Å². The minimum atomic E-state index is 0.792. The van der Waals surface area contributed by atoms with Gasteiger partial charge in [0.15, 0.2) is 0 Å². The summed E-state index contributed by atoms with van der Waals surface area (Å²) in [5, 5.41) is 3.93. The van der Waals surface area contributed by atoms with Crippen LogP contribution >= 0.6 is 11.6 Å². The lowest BCUT2D eigenvalue weighted by atomic mass is 10.2. The van der Waals surface area contributed by atoms with Crippen LogP contribution in [0.15, 0.2) is 42.7 Å². The third kappa shape index (κ3) is 2.87. The Labute approximate surface area is 101 Å². The molecule has 0 spiro atoms. The highest BCUT2D eigenvalue weighted by Gasteiger charge is 1.98. The number of nitrogens with one attached hydrogen (secondary N) is 1. The third-order valence-corrected chi connectivity index (χ3v) is 2.68. The molecule has 2 rings (SSSR count). The molecule has 2 aromatic rings. The van der Waals surface area contributed by atoms with Crippen LogP contribution in [0.25, 0.3) is 0 Å². The largest absolute Gasteiger partial charge is 0.350 e. The van der Waals surface area contributed by atoms with Gasteiger partial charge in [0.05, 0.1) is 0 Å². The SMILES string of the molecule is CNCc1ccn(Cc2cccc(Cl)c2)c1. The molecule has 2 nitrogen and oxygen atoms in total. The van der Waals surface area contributed by atoms with E-state index in [9.17, 15) is 0 Å². The normalized spacial score (nSPS) is 10.6. The van der Waals surface area contributed by atoms with E-state index in [1.165, 1.54) is 11.1 Å². The number of nitrogens with zero attached hydrogens (tertiary/aromatic N) is 1. The predicted octanol–water partition coefficient (Wildman–Crippen LogP) is 2.91. The minimum absolute atomic E-state index is 0.792. The zero-order chi connectivity index (χ0) is 11.4. The average Bonchev–Trinajstić information content (AvgIpc) is 2.66. The first-order valence-corrected chi connectivity index (χ1v) is 5.69. The van der Waals surface area contributed by atoms with Crippen molar-refractivity contribution in [3.05, 3.63) is 58.9 Å². The van der Waals surface area contributed by atoms with Crippen LogP contribution in [0.3, 0.4) is 0 Å². The molecule has 0 atom stereocenters. The monoisotopic (exact) mass is 234 g/mol. The van der Waals surface area contributed by atoms with E-state index in [4.69, 9.17) is 11.6 Å². The summed E-state index contributed by atoms with van der Waals surface area (Å²) in [6.07, 6.45) is 4.24. The second-order valence-electron chi connectivity index (χ2n) is 3.85. The zero-order valence-electron chi connectivity index (χ0n) is 9.28. The van der Waals surface area contributed by atoms with Crippen molar-refractivity contribution >= 4 is 11.6 Å². The second-order valence-corrected chi connectivity index (χ2v) is 4.29. The second kappa shape index (κ2) is 5.19. The van der Waals surface area contributed by atoms with Crippen LogP contribution in [0.2, 0.25) is 5.02 Å². The smallest absolute Gasteiger partial charge is 0.0470 e. The quantitative estimate of drug-likeness (QED) is 0.861. The van der Waals surface area contributed by atoms with Crippen LogP contribution in [0.1, 0.15) is 11.1 Å². The van der Waals surface area contributed by atoms with Gasteiger partial charge in [0.25, 0.3) is 0 Å². The van der Waals surface area contributed by atoms with Gasteiger partial charge in [-0.1, -0.05) is 23.7 Å². The van der Waals surface area contributed by atoms with Crippen LogP contribution in [0.4, 0.5) is 0 Å². The highest BCUT2D eigenvalue weighted by atomic mass is 35.5. The van der Waals surface area contributed by atoms with Gasteiger partial charge in [-0.15, -0.1) is 0 Å². The fourth-order valence-corrected chi connectivity index (χ4v) is 1.96. The summed E-state index contributed by atoms with van der Waals surface area (Å²) in [6, 6.07) is 10.1. The molecule has 16 heavy (non-hydrogen) atoms. The number of rotatable bonds is 4. The van der Waals surface area contributed by atoms with Gasteiger partial charge in [-0.25, -0.2) is 0 Å². The molecule has 84 valence electrons. The van der Waals surface area contributed by atoms with Gasteiger partial charge >= 0.3 is 0 Å². The number of hydrogen-bond donors (Lipinski definition) is 1. The van der Waals surface area contributed by atoms with E-state index in [1.807, 2.05) is 25.2 Å². The summed E-state index contributed by atoms with van der Waals surface area (Å²) >= 11 is 5.95. The standard InChI is InChI=1S/C13H15ClN2/c1-15-8-12-5-6-16(10-12)9-11-3-2-4-13(14)7-11/h2-7,10,15H,8-9H2,1H3. The number of aromatic nitrogens is 1. The van der Waals surface area contributed by atoms with E-state index >= 15 is 0 Å². The molecule has 0 amide bonds. The molecule has 1 aromatic heterocycles. The Kier molecular flexibility index (Phi) is 3.65. The molecule has 0 saturated carbocycles. The molecule has 0 aliphatic carbocycles. The Bertz CT molecular complexity index is 462. The van der Waals surface area contributed by atoms with Crippen molar-refractivity contribution in [2.75, 3.05) is 7.05 Å². The number of halogens is 1. The first-order valence-electron chi connectivity index (χ1n) is 5.31. The van der Waals surface area contributed by atoms with Crippen LogP contribution in [-0.2, 0) is 13.1 Å². The number of hydrogen-bond acceptors (Lipinski definition) is 1. The first-order chi connectivity index (χ1) is 7.78. The Morgan fingerprint density at radius 1 is 1.25 bits per heavy atom. The van der Waals surface area contributed by atoms with E-state index in [-0.39, 0.29) is 0 Å². The van der Waals surface area contributed by atoms with Gasteiger partial charge in [0, 0.05) is 30.5 Å². The van der Waals surface area contributed by atoms with Crippen molar-refractivity contribution in [2.45, 2.75) is 13.1 Å². The molecule has 0 aliphatic heterocycles. The van der Waals surface area contributed by atoms with Crippen molar-refractivity contribution in [3.8, 4) is 0 Å². The van der Waals surface area contributed by atoms with E-state index in [2.05, 4.69) is 34.4 Å². The molecule has 1 aromatic carbocycles. The lowest BCUT2D eigenvalue weighted by molar-refractivity contribution is 0.783. The van der Waals surface area contributed by atoms with Crippen LogP contribution in [0, 0.1) is 0 Å². The van der Waals surface area contributed by atoms with Crippen molar-refractivity contribution in [1.29, 1.82) is 0 Å². The van der Waals surface area contributed by atoms with Gasteiger partial charge < -0.3 is 9.88 Å². The summed E-state index contributed by atoms with van der Waals surface area (Å²) in [6.45, 7) is 1.77. The summed E-state index contributed by atoms with van der Waals surface area (Å²) < 4.78 is 2.17. The van der Waals surface area contributed by atoms with Crippen LogP contribution in [-0.4, -0.2) is 11.6 Å². The van der Waals surface area contributed by atoms with E-state index in [0.717, 1.165) is 18.1 Å². The molecule has 0 aliphatic rings. The molecule has 0 unspecified atom stereocenters. The van der Waals surface area contributed by atoms with E-state index in [0.29, 0.717) is 0 Å². The Morgan fingerprint density at radius 2 is 2.12 bits per heavy atom. The Morgan fingerprint density at radius 3 is 2.88 bits per heavy atom. The van der Waals surface area contributed by atoms with Gasteiger partial charge in [0.1, 0.15) is 0 Å². The Balaban J connectivity index is 2.08. The topological polar surface area (TPSA) is 17.0 Å². The maximum Gasteiger partial charge on any atom is 0.0470 e. The summed E-state index contributed by atoms with van der Waals surface area (Å²) in [5.74, 6) is 0. The molecule has 1 N–H and O–H groups in total. The highest BCUT2D eigenvalue weighted by Crippen LogP contribution is 2.12.